The van der Waals surface area contributed by atoms with E-state index in [1.807, 2.05) is 19.9 Å². The highest BCUT2D eigenvalue weighted by Gasteiger charge is 2.16. The van der Waals surface area contributed by atoms with Crippen molar-refractivity contribution in [2.75, 3.05) is 12.9 Å². The van der Waals surface area contributed by atoms with E-state index in [-0.39, 0.29) is 17.4 Å². The molecule has 0 heterocycles. The Morgan fingerprint density at radius 2 is 2.11 bits per heavy atom. The summed E-state index contributed by atoms with van der Waals surface area (Å²) in [5, 5.41) is 8.98. The van der Waals surface area contributed by atoms with Crippen molar-refractivity contribution in [3.63, 3.8) is 0 Å². The molecule has 0 aromatic heterocycles. The van der Waals surface area contributed by atoms with E-state index in [4.69, 9.17) is 10.00 Å². The van der Waals surface area contributed by atoms with Crippen LogP contribution in [0.3, 0.4) is 0 Å². The molecule has 0 radical (unpaired) electrons. The minimum Gasteiger partial charge on any atom is -0.495 e. The number of hydrogen-bond acceptors (Lipinski definition) is 4. The molecule has 1 unspecified atom stereocenters. The lowest BCUT2D eigenvalue weighted by molar-refractivity contribution is 0.413. The topological polar surface area (TPSA) is 67.2 Å². The van der Waals surface area contributed by atoms with Gasteiger partial charge in [0.1, 0.15) is 11.8 Å². The Kier molecular flexibility index (Phi) is 5.37. The summed E-state index contributed by atoms with van der Waals surface area (Å²) >= 11 is 0. The Morgan fingerprint density at radius 1 is 1.42 bits per heavy atom. The first-order valence-corrected chi connectivity index (χ1v) is 8.01. The second-order valence-electron chi connectivity index (χ2n) is 4.71. The van der Waals surface area contributed by atoms with Crippen molar-refractivity contribution in [3.05, 3.63) is 29.3 Å². The Balaban J connectivity index is 2.92. The highest BCUT2D eigenvalue weighted by Crippen LogP contribution is 2.21. The van der Waals surface area contributed by atoms with Gasteiger partial charge < -0.3 is 4.74 Å². The molecular weight excluding hydrogens is 262 g/mol. The Hall–Kier alpha value is -1.54. The van der Waals surface area contributed by atoms with Crippen LogP contribution < -0.4 is 4.74 Å². The normalized spacial score (nSPS) is 12.7. The molecule has 0 N–H and O–H groups in total. The van der Waals surface area contributed by atoms with Gasteiger partial charge in [-0.3, -0.25) is 0 Å². The van der Waals surface area contributed by atoms with E-state index in [0.717, 1.165) is 6.42 Å². The number of methoxy groups -OCH3 is 1. The highest BCUT2D eigenvalue weighted by molar-refractivity contribution is 7.90. The van der Waals surface area contributed by atoms with E-state index in [9.17, 15) is 8.42 Å². The zero-order valence-corrected chi connectivity index (χ0v) is 12.3. The Labute approximate surface area is 114 Å². The number of sulfone groups is 1. The second kappa shape index (κ2) is 6.58. The van der Waals surface area contributed by atoms with Crippen LogP contribution in [0.2, 0.25) is 0 Å². The molecule has 0 aliphatic heterocycles. The van der Waals surface area contributed by atoms with Gasteiger partial charge in [-0.15, -0.1) is 0 Å². The summed E-state index contributed by atoms with van der Waals surface area (Å²) < 4.78 is 29.0. The SMILES string of the molecule is CCC(C)CS(=O)(=O)Cc1ccc(OC)c(C#N)c1. The van der Waals surface area contributed by atoms with Crippen LogP contribution in [0, 0.1) is 17.2 Å². The quantitative estimate of drug-likeness (QED) is 0.803. The molecule has 19 heavy (non-hydrogen) atoms. The van der Waals surface area contributed by atoms with E-state index >= 15 is 0 Å². The molecule has 0 saturated heterocycles. The third kappa shape index (κ3) is 4.56. The lowest BCUT2D eigenvalue weighted by Crippen LogP contribution is -2.15. The Bertz CT molecular complexity index is 573. The monoisotopic (exact) mass is 281 g/mol. The predicted molar refractivity (Wildman–Crippen MR) is 74.7 cm³/mol. The summed E-state index contributed by atoms with van der Waals surface area (Å²) in [4.78, 5) is 0. The molecule has 0 amide bonds. The van der Waals surface area contributed by atoms with Crippen molar-refractivity contribution in [3.8, 4) is 11.8 Å². The van der Waals surface area contributed by atoms with Gasteiger partial charge in [0, 0.05) is 0 Å². The fourth-order valence-corrected chi connectivity index (χ4v) is 3.70. The lowest BCUT2D eigenvalue weighted by Gasteiger charge is -2.10. The largest absolute Gasteiger partial charge is 0.495 e. The third-order valence-electron chi connectivity index (χ3n) is 3.01. The molecule has 0 aliphatic carbocycles. The van der Waals surface area contributed by atoms with Gasteiger partial charge in [0.05, 0.1) is 24.2 Å². The standard InChI is InChI=1S/C14H19NO3S/c1-4-11(2)9-19(16,17)10-12-5-6-14(18-3)13(7-12)8-15/h5-7,11H,4,9-10H2,1-3H3. The summed E-state index contributed by atoms with van der Waals surface area (Å²) in [6.45, 7) is 3.90. The zero-order valence-electron chi connectivity index (χ0n) is 11.5. The molecule has 5 heteroatoms. The van der Waals surface area contributed by atoms with Crippen molar-refractivity contribution >= 4 is 9.84 Å². The first-order valence-electron chi connectivity index (χ1n) is 6.19. The molecule has 104 valence electrons. The van der Waals surface area contributed by atoms with Crippen molar-refractivity contribution in [2.24, 2.45) is 5.92 Å². The van der Waals surface area contributed by atoms with Crippen molar-refractivity contribution < 1.29 is 13.2 Å². The average Bonchev–Trinajstić information content (AvgIpc) is 2.37. The van der Waals surface area contributed by atoms with E-state index in [1.54, 1.807) is 18.2 Å². The predicted octanol–water partition coefficient (Wildman–Crippen LogP) is 2.53. The molecule has 1 aromatic rings. The van der Waals surface area contributed by atoms with Gasteiger partial charge in [-0.05, 0) is 23.6 Å². The van der Waals surface area contributed by atoms with Crippen LogP contribution in [-0.4, -0.2) is 21.3 Å². The van der Waals surface area contributed by atoms with Gasteiger partial charge in [-0.2, -0.15) is 5.26 Å². The van der Waals surface area contributed by atoms with Crippen LogP contribution >= 0.6 is 0 Å². The summed E-state index contributed by atoms with van der Waals surface area (Å²) in [5.74, 6) is 0.761. The summed E-state index contributed by atoms with van der Waals surface area (Å²) in [6, 6.07) is 6.90. The number of ether oxygens (including phenoxy) is 1. The minimum absolute atomic E-state index is 0.0317. The highest BCUT2D eigenvalue weighted by atomic mass is 32.2. The van der Waals surface area contributed by atoms with Crippen LogP contribution in [0.1, 0.15) is 31.4 Å². The number of hydrogen-bond donors (Lipinski definition) is 0. The first-order chi connectivity index (χ1) is 8.91. The fraction of sp³-hybridized carbons (Fsp3) is 0.500. The van der Waals surface area contributed by atoms with Gasteiger partial charge in [-0.25, -0.2) is 8.42 Å². The molecule has 0 fully saturated rings. The number of nitrogens with zero attached hydrogens (tertiary/aromatic N) is 1. The second-order valence-corrected chi connectivity index (χ2v) is 6.82. The van der Waals surface area contributed by atoms with E-state index in [0.29, 0.717) is 16.9 Å². The van der Waals surface area contributed by atoms with Crippen molar-refractivity contribution in [1.29, 1.82) is 5.26 Å². The van der Waals surface area contributed by atoms with Gasteiger partial charge in [0.25, 0.3) is 0 Å². The van der Waals surface area contributed by atoms with Crippen LogP contribution in [0.5, 0.6) is 5.75 Å². The maximum atomic E-state index is 12.0. The first kappa shape index (κ1) is 15.5. The van der Waals surface area contributed by atoms with E-state index in [1.165, 1.54) is 7.11 Å². The van der Waals surface area contributed by atoms with E-state index < -0.39 is 9.84 Å². The molecule has 1 atom stereocenters. The van der Waals surface area contributed by atoms with Gasteiger partial charge in [0.2, 0.25) is 0 Å². The van der Waals surface area contributed by atoms with Crippen LogP contribution in [0.15, 0.2) is 18.2 Å². The van der Waals surface area contributed by atoms with Crippen LogP contribution in [-0.2, 0) is 15.6 Å². The molecular formula is C14H19NO3S. The average molecular weight is 281 g/mol. The molecule has 4 nitrogen and oxygen atoms in total. The number of benzene rings is 1. The summed E-state index contributed by atoms with van der Waals surface area (Å²) in [6.07, 6.45) is 0.839. The maximum absolute atomic E-state index is 12.0. The summed E-state index contributed by atoms with van der Waals surface area (Å²) in [5.41, 5.74) is 0.986. The molecule has 0 aliphatic rings. The van der Waals surface area contributed by atoms with Crippen LogP contribution in [0.4, 0.5) is 0 Å². The maximum Gasteiger partial charge on any atom is 0.154 e. The van der Waals surface area contributed by atoms with Gasteiger partial charge >= 0.3 is 0 Å². The summed E-state index contributed by atoms with van der Waals surface area (Å²) in [7, 11) is -1.66. The molecule has 0 bridgehead atoms. The Morgan fingerprint density at radius 3 is 2.63 bits per heavy atom. The molecule has 1 rings (SSSR count). The van der Waals surface area contributed by atoms with Crippen LogP contribution in [0.25, 0.3) is 0 Å². The number of rotatable bonds is 6. The van der Waals surface area contributed by atoms with Gasteiger partial charge in [0.15, 0.2) is 9.84 Å². The molecule has 1 aromatic carbocycles. The van der Waals surface area contributed by atoms with Crippen molar-refractivity contribution in [1.82, 2.24) is 0 Å². The lowest BCUT2D eigenvalue weighted by atomic mass is 10.1. The van der Waals surface area contributed by atoms with Gasteiger partial charge in [-0.1, -0.05) is 26.3 Å². The number of nitriles is 1. The van der Waals surface area contributed by atoms with Crippen molar-refractivity contribution in [2.45, 2.75) is 26.0 Å². The smallest absolute Gasteiger partial charge is 0.154 e. The minimum atomic E-state index is -3.14. The molecule has 0 spiro atoms. The zero-order chi connectivity index (χ0) is 14.5. The van der Waals surface area contributed by atoms with E-state index in [2.05, 4.69) is 0 Å². The molecule has 0 saturated carbocycles. The third-order valence-corrected chi connectivity index (χ3v) is 4.86. The fourth-order valence-electron chi connectivity index (χ4n) is 1.80.